The number of piperidine rings is 1. The highest BCUT2D eigenvalue weighted by molar-refractivity contribution is 7.15. The van der Waals surface area contributed by atoms with Gasteiger partial charge in [-0.2, -0.15) is 23.4 Å². The van der Waals surface area contributed by atoms with Gasteiger partial charge in [0.2, 0.25) is 0 Å². The second kappa shape index (κ2) is 10.5. The van der Waals surface area contributed by atoms with Gasteiger partial charge in [-0.25, -0.2) is 14.5 Å². The van der Waals surface area contributed by atoms with E-state index >= 15 is 0 Å². The van der Waals surface area contributed by atoms with Crippen molar-refractivity contribution in [1.29, 1.82) is 0 Å². The van der Waals surface area contributed by atoms with Crippen molar-refractivity contribution in [3.8, 4) is 27.7 Å². The lowest BCUT2D eigenvalue weighted by atomic mass is 9.92. The van der Waals surface area contributed by atoms with Gasteiger partial charge in [0.25, 0.3) is 0 Å². The predicted octanol–water partition coefficient (Wildman–Crippen LogP) is 5.02. The lowest BCUT2D eigenvalue weighted by molar-refractivity contribution is -0.127. The van der Waals surface area contributed by atoms with Crippen LogP contribution in [0.5, 0.6) is 5.75 Å². The van der Waals surface area contributed by atoms with Crippen molar-refractivity contribution in [1.82, 2.24) is 34.7 Å². The van der Waals surface area contributed by atoms with Crippen LogP contribution >= 0.6 is 11.3 Å². The van der Waals surface area contributed by atoms with Crippen molar-refractivity contribution < 1.29 is 22.6 Å². The van der Waals surface area contributed by atoms with Crippen LogP contribution in [-0.4, -0.2) is 80.3 Å². The van der Waals surface area contributed by atoms with Gasteiger partial charge in [0.05, 0.1) is 24.9 Å². The predicted molar refractivity (Wildman–Crippen MR) is 140 cm³/mol. The van der Waals surface area contributed by atoms with Gasteiger partial charge in [-0.3, -0.25) is 5.10 Å². The molecule has 2 saturated heterocycles. The topological polar surface area (TPSA) is 93.5 Å². The van der Waals surface area contributed by atoms with Gasteiger partial charge < -0.3 is 14.4 Å². The summed E-state index contributed by atoms with van der Waals surface area (Å²) in [7, 11) is 1.48. The molecule has 0 radical (unpaired) electrons. The standard InChI is InChI=1S/C26H30F3N7O2S/c1-15-23(16-3-7-35(8-4-16)18-5-9-38-10-6-18)39-25(32-15)22-19(12-26(27,28)29)21(33-34-22)17-11-20(37-2)24-30-14-31-36(24)13-17/h11,13-14,16,18H,3-10,12H2,1-2H3,(H,33,34). The quantitative estimate of drug-likeness (QED) is 0.353. The first-order chi connectivity index (χ1) is 18.8. The molecule has 39 heavy (non-hydrogen) atoms. The molecule has 0 atom stereocenters. The molecule has 0 saturated carbocycles. The van der Waals surface area contributed by atoms with E-state index in [1.54, 1.807) is 12.3 Å². The summed E-state index contributed by atoms with van der Waals surface area (Å²) in [6.45, 7) is 5.63. The van der Waals surface area contributed by atoms with Gasteiger partial charge in [0.15, 0.2) is 11.4 Å². The molecular weight excluding hydrogens is 531 g/mol. The Balaban J connectivity index is 1.31. The van der Waals surface area contributed by atoms with Crippen molar-refractivity contribution in [3.05, 3.63) is 34.7 Å². The van der Waals surface area contributed by atoms with E-state index in [0.29, 0.717) is 33.9 Å². The molecule has 2 aliphatic heterocycles. The number of hydrogen-bond acceptors (Lipinski definition) is 8. The van der Waals surface area contributed by atoms with Crippen LogP contribution in [0.15, 0.2) is 18.6 Å². The van der Waals surface area contributed by atoms with Crippen LogP contribution in [0, 0.1) is 6.92 Å². The fourth-order valence-electron chi connectivity index (χ4n) is 5.80. The van der Waals surface area contributed by atoms with E-state index in [4.69, 9.17) is 14.5 Å². The maximum absolute atomic E-state index is 13.8. The number of ether oxygens (including phenoxy) is 2. The molecule has 0 unspecified atom stereocenters. The average molecular weight is 562 g/mol. The Labute approximate surface area is 227 Å². The third kappa shape index (κ3) is 5.27. The number of halogens is 3. The summed E-state index contributed by atoms with van der Waals surface area (Å²) in [6.07, 6.45) is 1.60. The van der Waals surface area contributed by atoms with E-state index in [1.807, 2.05) is 6.92 Å². The number of likely N-dealkylation sites (tertiary alicyclic amines) is 1. The van der Waals surface area contributed by atoms with Gasteiger partial charge in [0.1, 0.15) is 17.0 Å². The Morgan fingerprint density at radius 1 is 1.18 bits per heavy atom. The normalized spacial score (nSPS) is 18.3. The van der Waals surface area contributed by atoms with Crippen LogP contribution < -0.4 is 4.74 Å². The highest BCUT2D eigenvalue weighted by Gasteiger charge is 2.34. The molecule has 4 aromatic rings. The molecular formula is C26H30F3N7O2S. The summed E-state index contributed by atoms with van der Waals surface area (Å²) < 4.78 is 53.8. The molecule has 2 aliphatic rings. The SMILES string of the molecule is COc1cc(-c2[nH]nc(-c3nc(C)c(C4CCN(C5CCOCC5)CC4)s3)c2CC(F)(F)F)cn2ncnc12. The minimum atomic E-state index is -4.43. The van der Waals surface area contributed by atoms with Gasteiger partial charge in [0, 0.05) is 41.5 Å². The molecule has 13 heteroatoms. The summed E-state index contributed by atoms with van der Waals surface area (Å²) in [6, 6.07) is 2.23. The number of alkyl halides is 3. The number of aromatic nitrogens is 6. The van der Waals surface area contributed by atoms with Gasteiger partial charge in [-0.05, 0) is 57.7 Å². The van der Waals surface area contributed by atoms with E-state index in [9.17, 15) is 13.2 Å². The van der Waals surface area contributed by atoms with Crippen LogP contribution in [0.25, 0.3) is 27.6 Å². The highest BCUT2D eigenvalue weighted by Crippen LogP contribution is 2.42. The third-order valence-electron chi connectivity index (χ3n) is 7.74. The summed E-state index contributed by atoms with van der Waals surface area (Å²) in [5, 5.41) is 11.9. The number of hydrogen-bond donors (Lipinski definition) is 1. The Hall–Kier alpha value is -3.03. The molecule has 0 aromatic carbocycles. The molecule has 1 N–H and O–H groups in total. The van der Waals surface area contributed by atoms with E-state index < -0.39 is 12.6 Å². The van der Waals surface area contributed by atoms with Crippen molar-refractivity contribution in [2.24, 2.45) is 0 Å². The second-order valence-corrected chi connectivity index (χ2v) is 11.2. The van der Waals surface area contributed by atoms with E-state index in [1.165, 1.54) is 29.3 Å². The largest absolute Gasteiger partial charge is 0.493 e. The zero-order chi connectivity index (χ0) is 27.1. The van der Waals surface area contributed by atoms with Crippen molar-refractivity contribution in [2.45, 2.75) is 57.2 Å². The van der Waals surface area contributed by atoms with Gasteiger partial charge in [-0.1, -0.05) is 0 Å². The van der Waals surface area contributed by atoms with E-state index in [0.717, 1.165) is 62.6 Å². The number of methoxy groups -OCH3 is 1. The molecule has 0 amide bonds. The first kappa shape index (κ1) is 26.2. The summed E-state index contributed by atoms with van der Waals surface area (Å²) in [4.78, 5) is 12.6. The lowest BCUT2D eigenvalue weighted by Gasteiger charge is -2.39. The fourth-order valence-corrected chi connectivity index (χ4v) is 7.05. The van der Waals surface area contributed by atoms with Crippen LogP contribution in [0.3, 0.4) is 0 Å². The molecule has 0 aliphatic carbocycles. The molecule has 9 nitrogen and oxygen atoms in total. The number of nitrogens with zero attached hydrogens (tertiary/aromatic N) is 6. The maximum atomic E-state index is 13.8. The highest BCUT2D eigenvalue weighted by atomic mass is 32.1. The number of rotatable bonds is 6. The molecule has 6 rings (SSSR count). The molecule has 2 fully saturated rings. The van der Waals surface area contributed by atoms with Crippen LogP contribution in [0.1, 0.15) is 47.7 Å². The van der Waals surface area contributed by atoms with Crippen molar-refractivity contribution in [3.63, 3.8) is 0 Å². The molecule has 208 valence electrons. The number of fused-ring (bicyclic) bond motifs is 1. The van der Waals surface area contributed by atoms with Crippen molar-refractivity contribution in [2.75, 3.05) is 33.4 Å². The lowest BCUT2D eigenvalue weighted by Crippen LogP contribution is -2.43. The average Bonchev–Trinajstić information content (AvgIpc) is 3.66. The molecule has 0 spiro atoms. The first-order valence-corrected chi connectivity index (χ1v) is 13.9. The summed E-state index contributed by atoms with van der Waals surface area (Å²) in [5.74, 6) is 0.745. The van der Waals surface area contributed by atoms with Crippen molar-refractivity contribution >= 4 is 17.0 Å². The minimum absolute atomic E-state index is 0.0543. The first-order valence-electron chi connectivity index (χ1n) is 13.1. The number of aryl methyl sites for hydroxylation is 1. The third-order valence-corrected chi connectivity index (χ3v) is 9.06. The maximum Gasteiger partial charge on any atom is 0.393 e. The second-order valence-electron chi connectivity index (χ2n) is 10.2. The molecule has 0 bridgehead atoms. The zero-order valence-electron chi connectivity index (χ0n) is 21.8. The van der Waals surface area contributed by atoms with Crippen LogP contribution in [0.2, 0.25) is 0 Å². The van der Waals surface area contributed by atoms with Crippen LogP contribution in [0.4, 0.5) is 13.2 Å². The number of aromatic amines is 1. The van der Waals surface area contributed by atoms with E-state index in [-0.39, 0.29) is 17.0 Å². The number of nitrogens with one attached hydrogen (secondary N) is 1. The zero-order valence-corrected chi connectivity index (χ0v) is 22.6. The number of H-pyrrole nitrogens is 1. The van der Waals surface area contributed by atoms with Gasteiger partial charge >= 0.3 is 6.18 Å². The Morgan fingerprint density at radius 3 is 2.67 bits per heavy atom. The number of pyridine rings is 1. The smallest absolute Gasteiger partial charge is 0.393 e. The summed E-state index contributed by atoms with van der Waals surface area (Å²) >= 11 is 1.46. The Morgan fingerprint density at radius 2 is 1.95 bits per heavy atom. The molecule has 4 aromatic heterocycles. The summed E-state index contributed by atoms with van der Waals surface area (Å²) in [5.41, 5.74) is 2.36. The van der Waals surface area contributed by atoms with E-state index in [2.05, 4.69) is 25.2 Å². The number of thiazole rings is 1. The Bertz CT molecular complexity index is 1450. The van der Waals surface area contributed by atoms with Crippen LogP contribution in [-0.2, 0) is 11.2 Å². The fraction of sp³-hybridized carbons (Fsp3) is 0.538. The molecule has 6 heterocycles. The minimum Gasteiger partial charge on any atom is -0.493 e. The van der Waals surface area contributed by atoms with Gasteiger partial charge in [-0.15, -0.1) is 11.3 Å². The Kier molecular flexibility index (Phi) is 7.06. The monoisotopic (exact) mass is 561 g/mol.